The molecule has 9 nitrogen and oxygen atoms in total. The fourth-order valence-corrected chi connectivity index (χ4v) is 8.00. The summed E-state index contributed by atoms with van der Waals surface area (Å²) in [6.45, 7) is 4.70. The van der Waals surface area contributed by atoms with Gasteiger partial charge in [0.1, 0.15) is 13.2 Å². The van der Waals surface area contributed by atoms with Crippen molar-refractivity contribution in [3.05, 3.63) is 12.2 Å². The standard InChI is InChI=1S/C55H105NO8/c1-6-8-10-12-14-15-16-17-18-19-20-21-22-23-24-25-26-27-28-29-30-31-32-33-34-35-36-37-38-39-40-42-44-46-53(58)64-51(49-62-52(57)45-43-41-13-11-9-7-2)50-63-55(54(59)60)61-48-47-56(3,4)5/h19-20,51,55H,6-18,21-50H2,1-5H3/b20-19-. The number of carbonyl (C=O) groups is 3. The molecule has 378 valence electrons. The molecule has 0 aromatic carbocycles. The van der Waals surface area contributed by atoms with E-state index in [0.717, 1.165) is 44.9 Å². The third kappa shape index (κ3) is 48.0. The van der Waals surface area contributed by atoms with Gasteiger partial charge in [-0.05, 0) is 38.5 Å². The molecule has 0 saturated carbocycles. The zero-order valence-corrected chi connectivity index (χ0v) is 42.9. The number of carbonyl (C=O) groups excluding carboxylic acids is 3. The van der Waals surface area contributed by atoms with Crippen LogP contribution in [-0.4, -0.2) is 82.3 Å². The second kappa shape index (κ2) is 47.5. The molecule has 0 aliphatic carbocycles. The van der Waals surface area contributed by atoms with E-state index < -0.39 is 24.3 Å². The van der Waals surface area contributed by atoms with Gasteiger partial charge in [-0.1, -0.05) is 225 Å². The van der Waals surface area contributed by atoms with Gasteiger partial charge < -0.3 is 33.3 Å². The highest BCUT2D eigenvalue weighted by molar-refractivity contribution is 5.70. The lowest BCUT2D eigenvalue weighted by molar-refractivity contribution is -0.870. The van der Waals surface area contributed by atoms with Gasteiger partial charge in [-0.25, -0.2) is 0 Å². The van der Waals surface area contributed by atoms with Gasteiger partial charge in [-0.15, -0.1) is 0 Å². The molecule has 0 N–H and O–H groups in total. The summed E-state index contributed by atoms with van der Waals surface area (Å²) in [4.78, 5) is 36.8. The second-order valence-corrected chi connectivity index (χ2v) is 19.9. The van der Waals surface area contributed by atoms with E-state index in [0.29, 0.717) is 17.4 Å². The summed E-state index contributed by atoms with van der Waals surface area (Å²) >= 11 is 0. The Morgan fingerprint density at radius 3 is 1.16 bits per heavy atom. The number of aliphatic carboxylic acids is 1. The van der Waals surface area contributed by atoms with Crippen LogP contribution >= 0.6 is 0 Å². The maximum absolute atomic E-state index is 12.7. The number of likely N-dealkylation sites (N-methyl/N-ethyl adjacent to an activating group) is 1. The summed E-state index contributed by atoms with van der Waals surface area (Å²) in [7, 11) is 5.91. The summed E-state index contributed by atoms with van der Waals surface area (Å²) in [5.74, 6) is -2.28. The van der Waals surface area contributed by atoms with Gasteiger partial charge in [0.2, 0.25) is 0 Å². The molecule has 0 heterocycles. The fraction of sp³-hybridized carbons (Fsp3) is 0.909. The number of carboxylic acid groups (broad SMARTS) is 1. The zero-order valence-electron chi connectivity index (χ0n) is 42.9. The van der Waals surface area contributed by atoms with Crippen LogP contribution < -0.4 is 5.11 Å². The molecule has 0 amide bonds. The van der Waals surface area contributed by atoms with E-state index in [1.807, 2.05) is 21.1 Å². The van der Waals surface area contributed by atoms with Crippen LogP contribution in [0.1, 0.15) is 264 Å². The van der Waals surface area contributed by atoms with Crippen LogP contribution in [0.2, 0.25) is 0 Å². The van der Waals surface area contributed by atoms with E-state index in [2.05, 4.69) is 26.0 Å². The first kappa shape index (κ1) is 62.0. The summed E-state index contributed by atoms with van der Waals surface area (Å²) in [6.07, 6.45) is 50.4. The minimum absolute atomic E-state index is 0.151. The predicted molar refractivity (Wildman–Crippen MR) is 265 cm³/mol. The van der Waals surface area contributed by atoms with Gasteiger partial charge >= 0.3 is 11.9 Å². The summed E-state index contributed by atoms with van der Waals surface area (Å²) < 4.78 is 22.5. The normalized spacial score (nSPS) is 12.8. The number of allylic oxidation sites excluding steroid dienone is 2. The van der Waals surface area contributed by atoms with Crippen LogP contribution in [0.4, 0.5) is 0 Å². The zero-order chi connectivity index (χ0) is 47.0. The Morgan fingerprint density at radius 1 is 0.453 bits per heavy atom. The highest BCUT2D eigenvalue weighted by Gasteiger charge is 2.22. The van der Waals surface area contributed by atoms with Gasteiger partial charge in [-0.2, -0.15) is 0 Å². The molecular weight excluding hydrogens is 803 g/mol. The SMILES string of the molecule is CCCCCCCCCC/C=C\CCCCCCCCCCCCCCCCCCCCCCCC(=O)OC(COC(=O)CCCCCCCC)COC(OCC[N+](C)(C)C)C(=O)[O-]. The van der Waals surface area contributed by atoms with E-state index in [-0.39, 0.29) is 32.2 Å². The molecular formula is C55H105NO8. The first-order chi connectivity index (χ1) is 31.1. The highest BCUT2D eigenvalue weighted by atomic mass is 16.7. The van der Waals surface area contributed by atoms with Crippen LogP contribution in [0.25, 0.3) is 0 Å². The lowest BCUT2D eigenvalue weighted by atomic mass is 10.0. The summed E-state index contributed by atoms with van der Waals surface area (Å²) in [5, 5.41) is 11.7. The number of unbranched alkanes of at least 4 members (excludes halogenated alkanes) is 34. The summed E-state index contributed by atoms with van der Waals surface area (Å²) in [6, 6.07) is 0. The summed E-state index contributed by atoms with van der Waals surface area (Å²) in [5.41, 5.74) is 0. The van der Waals surface area contributed by atoms with Gasteiger partial charge in [0.25, 0.3) is 0 Å². The predicted octanol–water partition coefficient (Wildman–Crippen LogP) is 14.1. The molecule has 0 rings (SSSR count). The van der Waals surface area contributed by atoms with Gasteiger partial charge in [0.05, 0.1) is 40.3 Å². The molecule has 0 spiro atoms. The first-order valence-corrected chi connectivity index (χ1v) is 27.3. The maximum Gasteiger partial charge on any atom is 0.306 e. The fourth-order valence-electron chi connectivity index (χ4n) is 8.00. The molecule has 2 atom stereocenters. The Bertz CT molecular complexity index is 1060. The minimum atomic E-state index is -1.61. The molecule has 0 fully saturated rings. The van der Waals surface area contributed by atoms with Crippen LogP contribution in [-0.2, 0) is 33.3 Å². The quantitative estimate of drug-likeness (QED) is 0.0195. The lowest BCUT2D eigenvalue weighted by Crippen LogP contribution is -2.44. The largest absolute Gasteiger partial charge is 0.545 e. The Hall–Kier alpha value is -1.97. The third-order valence-corrected chi connectivity index (χ3v) is 12.3. The number of hydrogen-bond acceptors (Lipinski definition) is 8. The van der Waals surface area contributed by atoms with Gasteiger partial charge in [0.15, 0.2) is 12.4 Å². The van der Waals surface area contributed by atoms with Crippen molar-refractivity contribution in [3.8, 4) is 0 Å². The van der Waals surface area contributed by atoms with E-state index in [9.17, 15) is 19.5 Å². The van der Waals surface area contributed by atoms with Crippen LogP contribution in [0, 0.1) is 0 Å². The van der Waals surface area contributed by atoms with Crippen molar-refractivity contribution in [3.63, 3.8) is 0 Å². The number of nitrogens with zero attached hydrogens (tertiary/aromatic N) is 1. The van der Waals surface area contributed by atoms with Crippen molar-refractivity contribution in [1.29, 1.82) is 0 Å². The Balaban J connectivity index is 3.88. The number of quaternary nitrogens is 1. The van der Waals surface area contributed by atoms with Crippen molar-refractivity contribution in [2.24, 2.45) is 0 Å². The monoisotopic (exact) mass is 908 g/mol. The van der Waals surface area contributed by atoms with Crippen molar-refractivity contribution in [2.45, 2.75) is 277 Å². The van der Waals surface area contributed by atoms with E-state index >= 15 is 0 Å². The average molecular weight is 908 g/mol. The smallest absolute Gasteiger partial charge is 0.306 e. The molecule has 0 radical (unpaired) electrons. The van der Waals surface area contributed by atoms with E-state index in [1.54, 1.807) is 0 Å². The van der Waals surface area contributed by atoms with E-state index in [1.165, 1.54) is 193 Å². The number of hydrogen-bond donors (Lipinski definition) is 0. The minimum Gasteiger partial charge on any atom is -0.545 e. The molecule has 64 heavy (non-hydrogen) atoms. The molecule has 0 aliphatic heterocycles. The molecule has 0 aromatic heterocycles. The molecule has 0 saturated heterocycles. The Labute approximate surface area is 395 Å². The number of ether oxygens (including phenoxy) is 4. The van der Waals surface area contributed by atoms with Crippen LogP contribution in [0.15, 0.2) is 12.2 Å². The topological polar surface area (TPSA) is 111 Å². The van der Waals surface area contributed by atoms with Crippen molar-refractivity contribution >= 4 is 17.9 Å². The number of esters is 2. The highest BCUT2D eigenvalue weighted by Crippen LogP contribution is 2.17. The molecule has 2 unspecified atom stereocenters. The Kier molecular flexibility index (Phi) is 46.1. The first-order valence-electron chi connectivity index (χ1n) is 27.3. The average Bonchev–Trinajstić information content (AvgIpc) is 3.26. The second-order valence-electron chi connectivity index (χ2n) is 19.9. The van der Waals surface area contributed by atoms with Crippen LogP contribution in [0.5, 0.6) is 0 Å². The molecule has 0 bridgehead atoms. The number of rotatable bonds is 51. The third-order valence-electron chi connectivity index (χ3n) is 12.3. The van der Waals surface area contributed by atoms with Gasteiger partial charge in [-0.3, -0.25) is 9.59 Å². The van der Waals surface area contributed by atoms with Crippen molar-refractivity contribution < 1.29 is 42.9 Å². The van der Waals surface area contributed by atoms with E-state index in [4.69, 9.17) is 18.9 Å². The maximum atomic E-state index is 12.7. The van der Waals surface area contributed by atoms with Crippen molar-refractivity contribution in [1.82, 2.24) is 0 Å². The van der Waals surface area contributed by atoms with Gasteiger partial charge in [0, 0.05) is 12.8 Å². The lowest BCUT2D eigenvalue weighted by Gasteiger charge is -2.26. The Morgan fingerprint density at radius 2 is 0.797 bits per heavy atom. The molecule has 9 heteroatoms. The van der Waals surface area contributed by atoms with Crippen LogP contribution in [0.3, 0.4) is 0 Å². The van der Waals surface area contributed by atoms with Crippen molar-refractivity contribution in [2.75, 3.05) is 47.5 Å². The number of carboxylic acids is 1. The molecule has 0 aliphatic rings. The molecule has 0 aromatic rings.